The molecule has 3 rings (SSSR count). The number of esters is 2. The Bertz CT molecular complexity index is 1500. The highest BCUT2D eigenvalue weighted by Gasteiger charge is 2.27. The highest BCUT2D eigenvalue weighted by molar-refractivity contribution is 5.97. The van der Waals surface area contributed by atoms with Crippen molar-refractivity contribution in [3.8, 4) is 0 Å². The Kier molecular flexibility index (Phi) is 14.3. The number of anilines is 2. The number of hydrogen-bond acceptors (Lipinski definition) is 13. The van der Waals surface area contributed by atoms with Crippen LogP contribution in [0, 0.1) is 0 Å². The largest absolute Gasteiger partial charge is 0.462 e. The SMILES string of the molecule is CCC(CCCN)OC(=O)CC[C@H](NC(=O)c1ccc(NCc2cnc3nc(N)[nH]c(=O)c3n2)cc1)C(=O)OC(CC)CCCN. The van der Waals surface area contributed by atoms with Crippen molar-refractivity contribution in [3.63, 3.8) is 0 Å². The fourth-order valence-electron chi connectivity index (χ4n) is 4.62. The van der Waals surface area contributed by atoms with E-state index in [2.05, 4.69) is 30.6 Å². The molecule has 0 radical (unpaired) electrons. The number of ether oxygens (including phenoxy) is 2. The highest BCUT2D eigenvalue weighted by Crippen LogP contribution is 2.15. The number of nitrogen functional groups attached to an aromatic ring is 1. The van der Waals surface area contributed by atoms with Gasteiger partial charge in [0.05, 0.1) is 18.4 Å². The molecule has 0 fully saturated rings. The molecule has 3 aromatic rings. The molecular formula is C31H45N9O6. The molecule has 46 heavy (non-hydrogen) atoms. The lowest BCUT2D eigenvalue weighted by Gasteiger charge is -2.22. The van der Waals surface area contributed by atoms with Gasteiger partial charge in [-0.25, -0.2) is 14.8 Å². The summed E-state index contributed by atoms with van der Waals surface area (Å²) in [5.41, 5.74) is 17.9. The van der Waals surface area contributed by atoms with Crippen LogP contribution in [0.2, 0.25) is 0 Å². The number of H-pyrrole nitrogens is 1. The van der Waals surface area contributed by atoms with Crippen LogP contribution in [0.25, 0.3) is 11.2 Å². The van der Waals surface area contributed by atoms with E-state index in [0.29, 0.717) is 62.1 Å². The monoisotopic (exact) mass is 639 g/mol. The van der Waals surface area contributed by atoms with Crippen LogP contribution in [0.4, 0.5) is 11.6 Å². The molecule has 0 saturated carbocycles. The number of rotatable bonds is 19. The second kappa shape index (κ2) is 18.4. The summed E-state index contributed by atoms with van der Waals surface area (Å²) in [5.74, 6) is -1.62. The molecule has 0 spiro atoms. The normalized spacial score (nSPS) is 13.0. The molecule has 2 unspecified atom stereocenters. The zero-order chi connectivity index (χ0) is 33.5. The van der Waals surface area contributed by atoms with Crippen molar-refractivity contribution < 1.29 is 23.9 Å². The molecule has 3 atom stereocenters. The maximum atomic E-state index is 13.2. The number of amides is 1. The van der Waals surface area contributed by atoms with Crippen molar-refractivity contribution in [1.82, 2.24) is 25.3 Å². The lowest BCUT2D eigenvalue weighted by Crippen LogP contribution is -2.43. The summed E-state index contributed by atoms with van der Waals surface area (Å²) in [5, 5.41) is 5.89. The van der Waals surface area contributed by atoms with E-state index >= 15 is 0 Å². The number of nitrogens with zero attached hydrogens (tertiary/aromatic N) is 3. The van der Waals surface area contributed by atoms with E-state index in [1.807, 2.05) is 13.8 Å². The van der Waals surface area contributed by atoms with Crippen LogP contribution in [0.1, 0.15) is 81.3 Å². The molecule has 1 amide bonds. The minimum Gasteiger partial charge on any atom is -0.462 e. The van der Waals surface area contributed by atoms with Crippen molar-refractivity contribution in [2.75, 3.05) is 24.1 Å². The van der Waals surface area contributed by atoms with Gasteiger partial charge in [-0.2, -0.15) is 4.98 Å². The Hall–Kier alpha value is -4.63. The summed E-state index contributed by atoms with van der Waals surface area (Å²) in [7, 11) is 0. The smallest absolute Gasteiger partial charge is 0.328 e. The maximum absolute atomic E-state index is 13.2. The minimum absolute atomic E-state index is 0.0153. The van der Waals surface area contributed by atoms with Gasteiger partial charge in [-0.1, -0.05) is 13.8 Å². The average Bonchev–Trinajstić information content (AvgIpc) is 3.05. The van der Waals surface area contributed by atoms with Gasteiger partial charge in [0.25, 0.3) is 11.5 Å². The van der Waals surface area contributed by atoms with Crippen LogP contribution in [0.15, 0.2) is 35.3 Å². The topological polar surface area (TPSA) is 243 Å². The standard InChI is InChI=1S/C31H45N9O6/c1-3-22(7-5-15-32)45-25(41)14-13-24(30(44)46-23(4-2)8-6-16-33)38-28(42)19-9-11-20(12-10-19)35-17-21-18-36-27-26(37-21)29(43)40-31(34)39-27/h9-12,18,22-24,35H,3-8,13-17,32-33H2,1-2H3,(H,38,42)(H3,34,36,39,40,43)/t22?,23?,24-/m0/s1. The quantitative estimate of drug-likeness (QED) is 0.103. The third-order valence-electron chi connectivity index (χ3n) is 7.29. The zero-order valence-corrected chi connectivity index (χ0v) is 26.4. The van der Waals surface area contributed by atoms with E-state index < -0.39 is 29.4 Å². The number of hydrogen-bond donors (Lipinski definition) is 6. The van der Waals surface area contributed by atoms with Crippen molar-refractivity contribution >= 4 is 40.6 Å². The first-order valence-electron chi connectivity index (χ1n) is 15.6. The number of nitrogens with one attached hydrogen (secondary N) is 3. The summed E-state index contributed by atoms with van der Waals surface area (Å²) < 4.78 is 11.3. The van der Waals surface area contributed by atoms with Gasteiger partial charge in [-0.15, -0.1) is 0 Å². The number of aromatic amines is 1. The zero-order valence-electron chi connectivity index (χ0n) is 26.4. The van der Waals surface area contributed by atoms with Crippen LogP contribution >= 0.6 is 0 Å². The van der Waals surface area contributed by atoms with E-state index in [1.54, 1.807) is 24.3 Å². The Labute approximate surface area is 267 Å². The lowest BCUT2D eigenvalue weighted by atomic mass is 10.1. The van der Waals surface area contributed by atoms with Gasteiger partial charge < -0.3 is 37.3 Å². The number of carbonyl (C=O) groups excluding carboxylic acids is 3. The van der Waals surface area contributed by atoms with Crippen LogP contribution in [-0.2, 0) is 25.6 Å². The average molecular weight is 640 g/mol. The summed E-state index contributed by atoms with van der Waals surface area (Å²) in [6.45, 7) is 5.05. The molecule has 0 saturated heterocycles. The predicted molar refractivity (Wildman–Crippen MR) is 174 cm³/mol. The molecule has 0 bridgehead atoms. The lowest BCUT2D eigenvalue weighted by molar-refractivity contribution is -0.153. The Morgan fingerprint density at radius 3 is 2.22 bits per heavy atom. The van der Waals surface area contributed by atoms with Gasteiger partial charge >= 0.3 is 11.9 Å². The fourth-order valence-corrected chi connectivity index (χ4v) is 4.62. The van der Waals surface area contributed by atoms with E-state index in [9.17, 15) is 19.2 Å². The Morgan fingerprint density at radius 2 is 1.59 bits per heavy atom. The molecule has 15 heteroatoms. The first-order valence-corrected chi connectivity index (χ1v) is 15.6. The second-order valence-electron chi connectivity index (χ2n) is 10.8. The van der Waals surface area contributed by atoms with Gasteiger partial charge in [-0.3, -0.25) is 19.4 Å². The molecule has 9 N–H and O–H groups in total. The summed E-state index contributed by atoms with van der Waals surface area (Å²) in [6.07, 6.45) is 4.75. The third-order valence-corrected chi connectivity index (χ3v) is 7.29. The first kappa shape index (κ1) is 35.8. The van der Waals surface area contributed by atoms with Crippen LogP contribution in [-0.4, -0.2) is 69.1 Å². The fraction of sp³-hybridized carbons (Fsp3) is 0.516. The number of carbonyl (C=O) groups is 3. The van der Waals surface area contributed by atoms with E-state index in [1.165, 1.54) is 6.20 Å². The number of benzene rings is 1. The Morgan fingerprint density at radius 1 is 0.935 bits per heavy atom. The number of fused-ring (bicyclic) bond motifs is 1. The minimum atomic E-state index is -1.06. The summed E-state index contributed by atoms with van der Waals surface area (Å²) in [6, 6.07) is 5.51. The van der Waals surface area contributed by atoms with Crippen LogP contribution in [0.3, 0.4) is 0 Å². The Balaban J connectivity index is 1.64. The molecule has 15 nitrogen and oxygen atoms in total. The summed E-state index contributed by atoms with van der Waals surface area (Å²) >= 11 is 0. The van der Waals surface area contributed by atoms with Crippen molar-refractivity contribution in [2.24, 2.45) is 11.5 Å². The van der Waals surface area contributed by atoms with Crippen molar-refractivity contribution in [3.05, 3.63) is 52.1 Å². The molecule has 2 heterocycles. The highest BCUT2D eigenvalue weighted by atomic mass is 16.5. The van der Waals surface area contributed by atoms with Gasteiger partial charge in [-0.05, 0) is 82.3 Å². The predicted octanol–water partition coefficient (Wildman–Crippen LogP) is 1.91. The van der Waals surface area contributed by atoms with E-state index in [-0.39, 0.29) is 48.7 Å². The van der Waals surface area contributed by atoms with Crippen molar-refractivity contribution in [2.45, 2.75) is 90.0 Å². The summed E-state index contributed by atoms with van der Waals surface area (Å²) in [4.78, 5) is 65.9. The number of nitrogens with two attached hydrogens (primary N) is 3. The third kappa shape index (κ3) is 11.1. The molecule has 0 aliphatic heterocycles. The first-order chi connectivity index (χ1) is 22.2. The van der Waals surface area contributed by atoms with E-state index in [0.717, 1.165) is 6.42 Å². The van der Waals surface area contributed by atoms with Crippen LogP contribution < -0.4 is 33.4 Å². The van der Waals surface area contributed by atoms with Gasteiger partial charge in [0.2, 0.25) is 5.95 Å². The second-order valence-corrected chi connectivity index (χ2v) is 10.8. The molecule has 2 aromatic heterocycles. The molecular weight excluding hydrogens is 594 g/mol. The van der Waals surface area contributed by atoms with Crippen molar-refractivity contribution in [1.29, 1.82) is 0 Å². The number of aromatic nitrogens is 4. The van der Waals surface area contributed by atoms with Crippen LogP contribution in [0.5, 0.6) is 0 Å². The molecule has 1 aromatic carbocycles. The maximum Gasteiger partial charge on any atom is 0.328 e. The molecule has 0 aliphatic rings. The van der Waals surface area contributed by atoms with E-state index in [4.69, 9.17) is 26.7 Å². The van der Waals surface area contributed by atoms with Gasteiger partial charge in [0, 0.05) is 17.7 Å². The molecule has 0 aliphatic carbocycles. The van der Waals surface area contributed by atoms with Gasteiger partial charge in [0.1, 0.15) is 18.2 Å². The molecule has 250 valence electrons. The van der Waals surface area contributed by atoms with Gasteiger partial charge in [0.15, 0.2) is 11.2 Å².